The number of hydrogen-bond donors (Lipinski definition) is 0. The second-order valence-corrected chi connectivity index (χ2v) is 9.55. The van der Waals surface area contributed by atoms with E-state index in [9.17, 15) is 23.2 Å². The Morgan fingerprint density at radius 2 is 1.50 bits per heavy atom. The van der Waals surface area contributed by atoms with Gasteiger partial charge in [-0.1, -0.05) is 17.2 Å². The van der Waals surface area contributed by atoms with Crippen LogP contribution in [0.2, 0.25) is 0 Å². The molecule has 0 N–H and O–H groups in total. The molecule has 4 rings (SSSR count). The number of nitrogens with zero attached hydrogens (tertiary/aromatic N) is 2. The molecule has 0 aromatic heterocycles. The van der Waals surface area contributed by atoms with E-state index in [2.05, 4.69) is 0 Å². The summed E-state index contributed by atoms with van der Waals surface area (Å²) in [7, 11) is 0. The van der Waals surface area contributed by atoms with Gasteiger partial charge in [0.15, 0.2) is 5.78 Å². The van der Waals surface area contributed by atoms with E-state index in [1.54, 1.807) is 9.80 Å². The van der Waals surface area contributed by atoms with E-state index in [1.807, 2.05) is 32.0 Å². The fourth-order valence-electron chi connectivity index (χ4n) is 5.17. The van der Waals surface area contributed by atoms with E-state index in [1.165, 1.54) is 0 Å². The molecule has 2 saturated heterocycles. The molecule has 2 heterocycles. The fraction of sp³-hybridized carbons (Fsp3) is 0.444. The summed E-state index contributed by atoms with van der Waals surface area (Å²) >= 11 is 0. The molecule has 0 aliphatic carbocycles. The van der Waals surface area contributed by atoms with Gasteiger partial charge < -0.3 is 9.80 Å². The average molecular weight is 469 g/mol. The van der Waals surface area contributed by atoms with Crippen LogP contribution in [-0.2, 0) is 4.79 Å². The summed E-state index contributed by atoms with van der Waals surface area (Å²) in [6, 6.07) is 8.68. The van der Waals surface area contributed by atoms with Crippen LogP contribution in [0.15, 0.2) is 36.4 Å². The summed E-state index contributed by atoms with van der Waals surface area (Å²) in [5.41, 5.74) is 2.49. The van der Waals surface area contributed by atoms with E-state index in [4.69, 9.17) is 0 Å². The number of aryl methyl sites for hydroxylation is 2. The largest absolute Gasteiger partial charge is 0.342 e. The summed E-state index contributed by atoms with van der Waals surface area (Å²) in [5.74, 6) is -2.53. The Morgan fingerprint density at radius 3 is 2.18 bits per heavy atom. The lowest BCUT2D eigenvalue weighted by Gasteiger charge is -2.37. The van der Waals surface area contributed by atoms with Crippen LogP contribution in [-0.4, -0.2) is 53.6 Å². The van der Waals surface area contributed by atoms with Crippen LogP contribution >= 0.6 is 0 Å². The lowest BCUT2D eigenvalue weighted by molar-refractivity contribution is -0.138. The Labute approximate surface area is 198 Å². The molecule has 2 aromatic carbocycles. The maximum atomic E-state index is 14.0. The fourth-order valence-corrected chi connectivity index (χ4v) is 5.17. The highest BCUT2D eigenvalue weighted by atomic mass is 19.1. The summed E-state index contributed by atoms with van der Waals surface area (Å²) in [5, 5.41) is 0. The van der Waals surface area contributed by atoms with E-state index >= 15 is 0 Å². The molecule has 7 heteroatoms. The van der Waals surface area contributed by atoms with Crippen LogP contribution < -0.4 is 0 Å². The first kappa shape index (κ1) is 24.0. The van der Waals surface area contributed by atoms with Gasteiger partial charge >= 0.3 is 0 Å². The van der Waals surface area contributed by atoms with Crippen molar-refractivity contribution >= 4 is 17.6 Å². The SMILES string of the molecule is Cc1cc(C)cc(C(=O)N2CCCC(C(=O)N3CCC(C(=O)c4cc(F)ccc4F)CC3)C2)c1. The number of likely N-dealkylation sites (tertiary alicyclic amines) is 2. The maximum Gasteiger partial charge on any atom is 0.253 e. The molecule has 0 saturated carbocycles. The highest BCUT2D eigenvalue weighted by Crippen LogP contribution is 2.27. The van der Waals surface area contributed by atoms with Crippen molar-refractivity contribution in [1.29, 1.82) is 0 Å². The minimum atomic E-state index is -0.722. The minimum Gasteiger partial charge on any atom is -0.342 e. The zero-order chi connectivity index (χ0) is 24.4. The van der Waals surface area contributed by atoms with Crippen LogP contribution in [0.4, 0.5) is 8.78 Å². The number of carbonyl (C=O) groups is 3. The smallest absolute Gasteiger partial charge is 0.253 e. The lowest BCUT2D eigenvalue weighted by Crippen LogP contribution is -2.49. The third kappa shape index (κ3) is 5.18. The monoisotopic (exact) mass is 468 g/mol. The first-order valence-corrected chi connectivity index (χ1v) is 11.9. The molecule has 180 valence electrons. The summed E-state index contributed by atoms with van der Waals surface area (Å²) in [6.07, 6.45) is 2.32. The summed E-state index contributed by atoms with van der Waals surface area (Å²) in [6.45, 7) is 5.73. The van der Waals surface area contributed by atoms with Gasteiger partial charge in [-0.25, -0.2) is 8.78 Å². The van der Waals surface area contributed by atoms with Gasteiger partial charge in [0, 0.05) is 37.7 Å². The van der Waals surface area contributed by atoms with Crippen LogP contribution in [0, 0.1) is 37.3 Å². The van der Waals surface area contributed by atoms with Crippen molar-refractivity contribution in [2.45, 2.75) is 39.5 Å². The van der Waals surface area contributed by atoms with Crippen LogP contribution in [0.5, 0.6) is 0 Å². The number of amides is 2. The average Bonchev–Trinajstić information content (AvgIpc) is 2.83. The van der Waals surface area contributed by atoms with Crippen molar-refractivity contribution < 1.29 is 23.2 Å². The second kappa shape index (κ2) is 10.0. The molecule has 0 spiro atoms. The quantitative estimate of drug-likeness (QED) is 0.619. The molecule has 2 fully saturated rings. The highest BCUT2D eigenvalue weighted by Gasteiger charge is 2.35. The van der Waals surface area contributed by atoms with E-state index in [-0.39, 0.29) is 23.3 Å². The molecule has 2 amide bonds. The van der Waals surface area contributed by atoms with E-state index in [0.29, 0.717) is 44.6 Å². The molecule has 2 aliphatic heterocycles. The molecular formula is C27H30F2N2O3. The first-order chi connectivity index (χ1) is 16.2. The molecule has 1 unspecified atom stereocenters. The van der Waals surface area contributed by atoms with Gasteiger partial charge in [-0.05, 0) is 69.9 Å². The summed E-state index contributed by atoms with van der Waals surface area (Å²) < 4.78 is 27.5. The van der Waals surface area contributed by atoms with Gasteiger partial charge in [-0.15, -0.1) is 0 Å². The van der Waals surface area contributed by atoms with Crippen LogP contribution in [0.1, 0.15) is 57.5 Å². The Hall–Kier alpha value is -3.09. The normalized spacial score (nSPS) is 19.2. The highest BCUT2D eigenvalue weighted by molar-refractivity contribution is 5.98. The zero-order valence-corrected chi connectivity index (χ0v) is 19.7. The van der Waals surface area contributed by atoms with Crippen LogP contribution in [0.3, 0.4) is 0 Å². The van der Waals surface area contributed by atoms with E-state index < -0.39 is 23.3 Å². The number of halogens is 2. The van der Waals surface area contributed by atoms with Gasteiger partial charge in [0.2, 0.25) is 5.91 Å². The Morgan fingerprint density at radius 1 is 0.824 bits per heavy atom. The van der Waals surface area contributed by atoms with Gasteiger partial charge in [-0.3, -0.25) is 14.4 Å². The standard InChI is InChI=1S/C27H30F2N2O3/c1-17-12-18(2)14-21(13-17)27(34)31-9-3-4-20(16-31)26(33)30-10-7-19(8-11-30)25(32)23-15-22(28)5-6-24(23)29/h5-6,12-15,19-20H,3-4,7-11,16H2,1-2H3. The Bertz CT molecular complexity index is 1090. The van der Waals surface area contributed by atoms with Crippen molar-refractivity contribution in [3.8, 4) is 0 Å². The van der Waals surface area contributed by atoms with Crippen molar-refractivity contribution in [2.24, 2.45) is 11.8 Å². The Balaban J connectivity index is 1.36. The number of ketones is 1. The number of piperidine rings is 2. The number of rotatable bonds is 4. The van der Waals surface area contributed by atoms with Gasteiger partial charge in [0.25, 0.3) is 5.91 Å². The molecule has 5 nitrogen and oxygen atoms in total. The molecule has 1 atom stereocenters. The van der Waals surface area contributed by atoms with Crippen molar-refractivity contribution in [1.82, 2.24) is 9.80 Å². The number of carbonyl (C=O) groups excluding carboxylic acids is 3. The molecular weight excluding hydrogens is 438 g/mol. The van der Waals surface area contributed by atoms with Crippen molar-refractivity contribution in [2.75, 3.05) is 26.2 Å². The first-order valence-electron chi connectivity index (χ1n) is 11.9. The van der Waals surface area contributed by atoms with Crippen molar-refractivity contribution in [3.05, 3.63) is 70.3 Å². The predicted molar refractivity (Wildman–Crippen MR) is 125 cm³/mol. The number of benzene rings is 2. The topological polar surface area (TPSA) is 57.7 Å². The zero-order valence-electron chi connectivity index (χ0n) is 19.7. The Kier molecular flexibility index (Phi) is 7.10. The van der Waals surface area contributed by atoms with Gasteiger partial charge in [0.1, 0.15) is 11.6 Å². The molecule has 34 heavy (non-hydrogen) atoms. The summed E-state index contributed by atoms with van der Waals surface area (Å²) in [4.78, 5) is 42.5. The second-order valence-electron chi connectivity index (χ2n) is 9.55. The number of hydrogen-bond acceptors (Lipinski definition) is 3. The third-order valence-corrected chi connectivity index (χ3v) is 6.90. The molecule has 0 radical (unpaired) electrons. The predicted octanol–water partition coefficient (Wildman–Crippen LogP) is 4.56. The van der Waals surface area contributed by atoms with Crippen molar-refractivity contribution in [3.63, 3.8) is 0 Å². The minimum absolute atomic E-state index is 0.000702. The van der Waals surface area contributed by atoms with Gasteiger partial charge in [0.05, 0.1) is 11.5 Å². The lowest BCUT2D eigenvalue weighted by atomic mass is 9.87. The van der Waals surface area contributed by atoms with Crippen LogP contribution in [0.25, 0.3) is 0 Å². The molecule has 2 aromatic rings. The molecule has 0 bridgehead atoms. The van der Waals surface area contributed by atoms with Gasteiger partial charge in [-0.2, -0.15) is 0 Å². The van der Waals surface area contributed by atoms with E-state index in [0.717, 1.165) is 42.2 Å². The number of Topliss-reactive ketones (excluding diaryl/α,β-unsaturated/α-hetero) is 1. The maximum absolute atomic E-state index is 14.0. The third-order valence-electron chi connectivity index (χ3n) is 6.90. The molecule has 2 aliphatic rings.